The molecule has 2 N–H and O–H groups in total. The molecule has 4 nitrogen and oxygen atoms in total. The number of hydrazine groups is 1. The molecule has 25 heavy (non-hydrogen) atoms. The number of hydrogen-bond donors (Lipinski definition) is 1. The van der Waals surface area contributed by atoms with Crippen molar-refractivity contribution in [3.8, 4) is 0 Å². The lowest BCUT2D eigenvalue weighted by Gasteiger charge is -2.30. The van der Waals surface area contributed by atoms with Gasteiger partial charge in [0.15, 0.2) is 0 Å². The average Bonchev–Trinajstić information content (AvgIpc) is 2.73. The Morgan fingerprint density at radius 2 is 1.80 bits per heavy atom. The fourth-order valence-corrected chi connectivity index (χ4v) is 3.03. The van der Waals surface area contributed by atoms with Crippen LogP contribution in [-0.2, 0) is 0 Å². The molecular weight excluding hydrogens is 377 g/mol. The molecule has 0 radical (unpaired) electrons. The molecule has 0 bridgehead atoms. The second kappa shape index (κ2) is 6.56. The van der Waals surface area contributed by atoms with Crippen LogP contribution in [0.25, 0.3) is 0 Å². The minimum Gasteiger partial charge on any atom is -0.368 e. The molecule has 0 saturated heterocycles. The smallest absolute Gasteiger partial charge is 0.368 e. The van der Waals surface area contributed by atoms with Crippen molar-refractivity contribution in [2.24, 2.45) is 10.7 Å². The molecule has 1 aliphatic heterocycles. The highest BCUT2D eigenvalue weighted by Crippen LogP contribution is 2.37. The number of aliphatic imine (C=N–C) groups is 1. The zero-order valence-electron chi connectivity index (χ0n) is 12.9. The van der Waals surface area contributed by atoms with Crippen LogP contribution >= 0.6 is 11.8 Å². The van der Waals surface area contributed by atoms with Crippen LogP contribution in [0.15, 0.2) is 22.0 Å². The Kier molecular flexibility index (Phi) is 5.15. The van der Waals surface area contributed by atoms with Gasteiger partial charge in [-0.15, -0.1) is 11.8 Å². The second-order valence-electron chi connectivity index (χ2n) is 5.26. The van der Waals surface area contributed by atoms with Gasteiger partial charge in [0.25, 0.3) is 0 Å². The Hall–Kier alpha value is -1.69. The number of alkyl halides is 6. The molecule has 1 heterocycles. The largest absolute Gasteiger partial charge is 0.426 e. The quantitative estimate of drug-likeness (QED) is 0.632. The summed E-state index contributed by atoms with van der Waals surface area (Å²) in [7, 11) is 1.00. The Balaban J connectivity index is 2.38. The standard InChI is InChI=1S/C13H13F7N4S/c1-6-3-7(14)8(4-9(6)25-5-12(15,16)17)24-11(21)22-10(23(24)2)13(18,19)20/h3-4,10H,5H2,1-2H3,(H2,21,22). The predicted molar refractivity (Wildman–Crippen MR) is 79.6 cm³/mol. The maximum atomic E-state index is 14.2. The van der Waals surface area contributed by atoms with Crippen LogP contribution in [0, 0.1) is 12.7 Å². The van der Waals surface area contributed by atoms with Crippen LogP contribution in [0.5, 0.6) is 0 Å². The lowest BCUT2D eigenvalue weighted by atomic mass is 10.2. The van der Waals surface area contributed by atoms with Crippen LogP contribution < -0.4 is 10.7 Å². The van der Waals surface area contributed by atoms with E-state index < -0.39 is 41.7 Å². The number of benzene rings is 1. The highest BCUT2D eigenvalue weighted by molar-refractivity contribution is 7.99. The topological polar surface area (TPSA) is 44.9 Å². The second-order valence-corrected chi connectivity index (χ2v) is 6.28. The van der Waals surface area contributed by atoms with Gasteiger partial charge in [-0.05, 0) is 24.6 Å². The van der Waals surface area contributed by atoms with E-state index in [1.54, 1.807) is 0 Å². The summed E-state index contributed by atoms with van der Waals surface area (Å²) >= 11 is 0.405. The van der Waals surface area contributed by atoms with Gasteiger partial charge in [-0.3, -0.25) is 0 Å². The van der Waals surface area contributed by atoms with Crippen molar-refractivity contribution in [2.75, 3.05) is 17.8 Å². The number of halogens is 7. The summed E-state index contributed by atoms with van der Waals surface area (Å²) in [5.74, 6) is -2.76. The molecule has 1 aromatic rings. The minimum absolute atomic E-state index is 0.0744. The van der Waals surface area contributed by atoms with Gasteiger partial charge in [0.1, 0.15) is 5.82 Å². The number of rotatable bonds is 3. The summed E-state index contributed by atoms with van der Waals surface area (Å²) in [5, 5.41) is 1.26. The molecule has 1 aliphatic rings. The van der Waals surface area contributed by atoms with Crippen LogP contribution in [0.3, 0.4) is 0 Å². The fourth-order valence-electron chi connectivity index (χ4n) is 2.23. The van der Waals surface area contributed by atoms with Crippen LogP contribution in [0.1, 0.15) is 5.56 Å². The molecule has 1 atom stereocenters. The highest BCUT2D eigenvalue weighted by atomic mass is 32.2. The number of thioether (sulfide) groups is 1. The molecule has 0 aliphatic carbocycles. The fraction of sp³-hybridized carbons (Fsp3) is 0.462. The normalized spacial score (nSPS) is 19.5. The van der Waals surface area contributed by atoms with E-state index in [0.717, 1.165) is 19.2 Å². The molecule has 0 amide bonds. The summed E-state index contributed by atoms with van der Waals surface area (Å²) in [6.45, 7) is 1.40. The Morgan fingerprint density at radius 3 is 2.28 bits per heavy atom. The Bertz CT molecular complexity index is 686. The third-order valence-electron chi connectivity index (χ3n) is 3.30. The number of guanidine groups is 1. The van der Waals surface area contributed by atoms with Crippen molar-refractivity contribution in [3.05, 3.63) is 23.5 Å². The maximum absolute atomic E-state index is 14.2. The first-order valence-corrected chi connectivity index (χ1v) is 7.72. The van der Waals surface area contributed by atoms with Crippen molar-refractivity contribution < 1.29 is 30.7 Å². The molecule has 1 unspecified atom stereocenters. The first-order valence-electron chi connectivity index (χ1n) is 6.74. The number of anilines is 1. The third kappa shape index (κ3) is 4.29. The number of hydrogen-bond acceptors (Lipinski definition) is 5. The third-order valence-corrected chi connectivity index (χ3v) is 4.52. The van der Waals surface area contributed by atoms with Gasteiger partial charge < -0.3 is 5.73 Å². The van der Waals surface area contributed by atoms with E-state index in [1.165, 1.54) is 6.92 Å². The van der Waals surface area contributed by atoms with E-state index >= 15 is 0 Å². The summed E-state index contributed by atoms with van der Waals surface area (Å²) in [6.07, 6.45) is -11.5. The molecule has 0 spiro atoms. The molecule has 2 rings (SSSR count). The van der Waals surface area contributed by atoms with Crippen molar-refractivity contribution in [1.82, 2.24) is 5.01 Å². The van der Waals surface area contributed by atoms with Crippen LogP contribution in [0.4, 0.5) is 36.4 Å². The van der Waals surface area contributed by atoms with Gasteiger partial charge >= 0.3 is 12.4 Å². The molecule has 1 aromatic carbocycles. The molecule has 12 heteroatoms. The summed E-state index contributed by atoms with van der Waals surface area (Å²) in [6, 6.07) is 1.97. The van der Waals surface area contributed by atoms with Crippen LogP contribution in [0.2, 0.25) is 0 Å². The first kappa shape index (κ1) is 19.6. The molecule has 140 valence electrons. The average molecular weight is 390 g/mol. The summed E-state index contributed by atoms with van der Waals surface area (Å²) in [4.78, 5) is 3.32. The number of nitrogens with two attached hydrogens (primary N) is 1. The SMILES string of the molecule is Cc1cc(F)c(N2C(N)=NC(C(F)(F)F)N2C)cc1SCC(F)(F)F. The lowest BCUT2D eigenvalue weighted by molar-refractivity contribution is -0.174. The molecule has 0 fully saturated rings. The molecule has 0 aromatic heterocycles. The van der Waals surface area contributed by atoms with Gasteiger partial charge in [-0.2, -0.15) is 31.4 Å². The maximum Gasteiger partial charge on any atom is 0.426 e. The van der Waals surface area contributed by atoms with Gasteiger partial charge in [-0.1, -0.05) is 0 Å². The molecular formula is C13H13F7N4S. The Labute approximate surface area is 142 Å². The summed E-state index contributed by atoms with van der Waals surface area (Å²) < 4.78 is 90.1. The predicted octanol–water partition coefficient (Wildman–Crippen LogP) is 3.66. The van der Waals surface area contributed by atoms with Crippen molar-refractivity contribution in [1.29, 1.82) is 0 Å². The van der Waals surface area contributed by atoms with Gasteiger partial charge in [0.05, 0.1) is 11.4 Å². The summed E-state index contributed by atoms with van der Waals surface area (Å²) in [5.41, 5.74) is 5.28. The van der Waals surface area contributed by atoms with Crippen molar-refractivity contribution in [3.63, 3.8) is 0 Å². The lowest BCUT2D eigenvalue weighted by Crippen LogP contribution is -2.49. The van der Waals surface area contributed by atoms with E-state index in [9.17, 15) is 30.7 Å². The van der Waals surface area contributed by atoms with E-state index in [0.29, 0.717) is 21.8 Å². The van der Waals surface area contributed by atoms with E-state index in [4.69, 9.17) is 5.73 Å². The molecule has 0 saturated carbocycles. The van der Waals surface area contributed by atoms with E-state index in [1.807, 2.05) is 0 Å². The number of aryl methyl sites for hydroxylation is 1. The van der Waals surface area contributed by atoms with Crippen molar-refractivity contribution >= 4 is 23.4 Å². The van der Waals surface area contributed by atoms with Gasteiger partial charge in [0.2, 0.25) is 12.1 Å². The minimum atomic E-state index is -4.75. The first-order chi connectivity index (χ1) is 11.3. The zero-order valence-corrected chi connectivity index (χ0v) is 13.7. The van der Waals surface area contributed by atoms with E-state index in [2.05, 4.69) is 4.99 Å². The van der Waals surface area contributed by atoms with E-state index in [-0.39, 0.29) is 10.5 Å². The van der Waals surface area contributed by atoms with Crippen molar-refractivity contribution in [2.45, 2.75) is 30.3 Å². The van der Waals surface area contributed by atoms with Gasteiger partial charge in [0, 0.05) is 11.9 Å². The Morgan fingerprint density at radius 1 is 1.20 bits per heavy atom. The van der Waals surface area contributed by atoms with Gasteiger partial charge in [-0.25, -0.2) is 14.4 Å². The monoisotopic (exact) mass is 390 g/mol. The highest BCUT2D eigenvalue weighted by Gasteiger charge is 2.49. The number of nitrogens with zero attached hydrogens (tertiary/aromatic N) is 3. The zero-order chi connectivity index (χ0) is 19.2. The van der Waals surface area contributed by atoms with Crippen LogP contribution in [-0.4, -0.2) is 42.3 Å².